The average molecular weight is 303 g/mol. The van der Waals surface area contributed by atoms with Crippen LogP contribution in [0.1, 0.15) is 16.3 Å². The van der Waals surface area contributed by atoms with Gasteiger partial charge in [-0.3, -0.25) is 4.98 Å². The lowest BCUT2D eigenvalue weighted by Crippen LogP contribution is -1.99. The van der Waals surface area contributed by atoms with Crippen LogP contribution in [0.4, 0.5) is 5.69 Å². The summed E-state index contributed by atoms with van der Waals surface area (Å²) < 4.78 is 5.20. The van der Waals surface area contributed by atoms with Crippen LogP contribution in [0.2, 0.25) is 5.02 Å². The van der Waals surface area contributed by atoms with Gasteiger partial charge >= 0.3 is 5.97 Å². The van der Waals surface area contributed by atoms with E-state index < -0.39 is 5.97 Å². The number of carbonyl (C=O) groups is 1. The van der Waals surface area contributed by atoms with Gasteiger partial charge in [0, 0.05) is 22.3 Å². The molecule has 0 atom stereocenters. The van der Waals surface area contributed by atoms with Gasteiger partial charge in [0.05, 0.1) is 12.1 Å². The molecule has 0 aliphatic rings. The SMILES string of the molecule is O=C(O)c1ccc(CNc2ccnc3cc(Cl)ccc23)o1. The first-order valence-corrected chi connectivity index (χ1v) is 6.61. The highest BCUT2D eigenvalue weighted by atomic mass is 35.5. The second-order valence-electron chi connectivity index (χ2n) is 4.44. The predicted octanol–water partition coefficient (Wildman–Crippen LogP) is 3.79. The maximum absolute atomic E-state index is 10.8. The Balaban J connectivity index is 1.83. The lowest BCUT2D eigenvalue weighted by molar-refractivity contribution is 0.0660. The summed E-state index contributed by atoms with van der Waals surface area (Å²) in [6.45, 7) is 0.384. The van der Waals surface area contributed by atoms with Crippen molar-refractivity contribution in [3.8, 4) is 0 Å². The number of carboxylic acids is 1. The van der Waals surface area contributed by atoms with Gasteiger partial charge in [-0.15, -0.1) is 0 Å². The minimum atomic E-state index is -1.08. The van der Waals surface area contributed by atoms with E-state index in [4.69, 9.17) is 21.1 Å². The molecule has 0 bridgehead atoms. The number of anilines is 1. The molecule has 0 aliphatic carbocycles. The Hall–Kier alpha value is -2.53. The lowest BCUT2D eigenvalue weighted by Gasteiger charge is -2.08. The van der Waals surface area contributed by atoms with Gasteiger partial charge in [-0.25, -0.2) is 4.79 Å². The molecular formula is C15H11ClN2O3. The highest BCUT2D eigenvalue weighted by Gasteiger charge is 2.09. The van der Waals surface area contributed by atoms with Crippen LogP contribution < -0.4 is 5.32 Å². The quantitative estimate of drug-likeness (QED) is 0.767. The van der Waals surface area contributed by atoms with Gasteiger partial charge in [0.25, 0.3) is 0 Å². The first-order chi connectivity index (χ1) is 10.1. The van der Waals surface area contributed by atoms with Crippen molar-refractivity contribution in [2.24, 2.45) is 0 Å². The van der Waals surface area contributed by atoms with E-state index in [1.807, 2.05) is 12.1 Å². The number of halogens is 1. The summed E-state index contributed by atoms with van der Waals surface area (Å²) in [5, 5.41) is 13.6. The van der Waals surface area contributed by atoms with Gasteiger partial charge in [0.2, 0.25) is 5.76 Å². The molecule has 0 radical (unpaired) electrons. The fourth-order valence-corrected chi connectivity index (χ4v) is 2.21. The number of aromatic nitrogens is 1. The molecule has 2 N–H and O–H groups in total. The molecule has 106 valence electrons. The number of aromatic carboxylic acids is 1. The molecule has 0 saturated carbocycles. The van der Waals surface area contributed by atoms with Gasteiger partial charge in [-0.1, -0.05) is 11.6 Å². The van der Waals surface area contributed by atoms with E-state index in [0.29, 0.717) is 17.3 Å². The monoisotopic (exact) mass is 302 g/mol. The molecule has 1 aromatic carbocycles. The van der Waals surface area contributed by atoms with E-state index in [2.05, 4.69) is 10.3 Å². The highest BCUT2D eigenvalue weighted by molar-refractivity contribution is 6.31. The predicted molar refractivity (Wildman–Crippen MR) is 79.7 cm³/mol. The molecule has 0 amide bonds. The van der Waals surface area contributed by atoms with Crippen molar-refractivity contribution in [2.75, 3.05) is 5.32 Å². The van der Waals surface area contributed by atoms with Crippen LogP contribution in [0.15, 0.2) is 47.0 Å². The third kappa shape index (κ3) is 2.83. The van der Waals surface area contributed by atoms with Gasteiger partial charge in [0.1, 0.15) is 5.76 Å². The van der Waals surface area contributed by atoms with Gasteiger partial charge in [-0.05, 0) is 36.4 Å². The van der Waals surface area contributed by atoms with Crippen molar-refractivity contribution in [1.82, 2.24) is 4.98 Å². The zero-order chi connectivity index (χ0) is 14.8. The minimum absolute atomic E-state index is 0.0711. The topological polar surface area (TPSA) is 75.4 Å². The normalized spacial score (nSPS) is 10.7. The molecule has 3 rings (SSSR count). The molecule has 0 saturated heterocycles. The third-order valence-electron chi connectivity index (χ3n) is 3.03. The molecule has 2 aromatic heterocycles. The Labute approximate surface area is 125 Å². The summed E-state index contributed by atoms with van der Waals surface area (Å²) in [6.07, 6.45) is 1.69. The molecule has 0 spiro atoms. The molecule has 21 heavy (non-hydrogen) atoms. The summed E-state index contributed by atoms with van der Waals surface area (Å²) in [7, 11) is 0. The smallest absolute Gasteiger partial charge is 0.371 e. The summed E-state index contributed by atoms with van der Waals surface area (Å²) in [4.78, 5) is 15.0. The standard InChI is InChI=1S/C15H11ClN2O3/c16-9-1-3-11-12(5-6-17-13(11)7-9)18-8-10-2-4-14(21-10)15(19)20/h1-7H,8H2,(H,17,18)(H,19,20). The minimum Gasteiger partial charge on any atom is -0.475 e. The van der Waals surface area contributed by atoms with E-state index in [0.717, 1.165) is 16.6 Å². The third-order valence-corrected chi connectivity index (χ3v) is 3.27. The van der Waals surface area contributed by atoms with E-state index in [9.17, 15) is 4.79 Å². The summed E-state index contributed by atoms with van der Waals surface area (Å²) >= 11 is 5.95. The van der Waals surface area contributed by atoms with E-state index in [1.54, 1.807) is 24.4 Å². The number of pyridine rings is 1. The largest absolute Gasteiger partial charge is 0.475 e. The van der Waals surface area contributed by atoms with Gasteiger partial charge in [-0.2, -0.15) is 0 Å². The molecule has 2 heterocycles. The molecule has 6 heteroatoms. The van der Waals surface area contributed by atoms with Crippen molar-refractivity contribution in [2.45, 2.75) is 6.54 Å². The highest BCUT2D eigenvalue weighted by Crippen LogP contribution is 2.24. The summed E-state index contributed by atoms with van der Waals surface area (Å²) in [5.41, 5.74) is 1.67. The van der Waals surface area contributed by atoms with Crippen LogP contribution in [0.25, 0.3) is 10.9 Å². The Morgan fingerprint density at radius 3 is 2.90 bits per heavy atom. The van der Waals surface area contributed by atoms with Crippen LogP contribution in [0, 0.1) is 0 Å². The number of nitrogens with zero attached hydrogens (tertiary/aromatic N) is 1. The van der Waals surface area contributed by atoms with Gasteiger partial charge < -0.3 is 14.8 Å². The Morgan fingerprint density at radius 2 is 2.14 bits per heavy atom. The Kier molecular flexibility index (Phi) is 3.50. The first-order valence-electron chi connectivity index (χ1n) is 6.23. The Morgan fingerprint density at radius 1 is 1.29 bits per heavy atom. The molecule has 3 aromatic rings. The van der Waals surface area contributed by atoms with Crippen molar-refractivity contribution >= 4 is 34.2 Å². The lowest BCUT2D eigenvalue weighted by atomic mass is 10.2. The number of fused-ring (bicyclic) bond motifs is 1. The molecule has 5 nitrogen and oxygen atoms in total. The molecule has 0 unspecified atom stereocenters. The van der Waals surface area contributed by atoms with Crippen molar-refractivity contribution in [3.05, 3.63) is 59.1 Å². The molecule has 0 fully saturated rings. The second-order valence-corrected chi connectivity index (χ2v) is 4.88. The number of hydrogen-bond acceptors (Lipinski definition) is 4. The zero-order valence-electron chi connectivity index (χ0n) is 10.8. The second kappa shape index (κ2) is 5.46. The molecular weight excluding hydrogens is 292 g/mol. The summed E-state index contributed by atoms with van der Waals surface area (Å²) in [5.74, 6) is -0.602. The summed E-state index contributed by atoms with van der Waals surface area (Å²) in [6, 6.07) is 10.4. The van der Waals surface area contributed by atoms with Crippen LogP contribution in [0.5, 0.6) is 0 Å². The van der Waals surface area contributed by atoms with Crippen LogP contribution in [-0.4, -0.2) is 16.1 Å². The van der Waals surface area contributed by atoms with Crippen molar-refractivity contribution in [3.63, 3.8) is 0 Å². The average Bonchev–Trinajstić information content (AvgIpc) is 2.93. The zero-order valence-corrected chi connectivity index (χ0v) is 11.6. The fraction of sp³-hybridized carbons (Fsp3) is 0.0667. The maximum atomic E-state index is 10.8. The number of nitrogens with one attached hydrogen (secondary N) is 1. The van der Waals surface area contributed by atoms with Crippen molar-refractivity contribution in [1.29, 1.82) is 0 Å². The maximum Gasteiger partial charge on any atom is 0.371 e. The van der Waals surface area contributed by atoms with Crippen LogP contribution in [0.3, 0.4) is 0 Å². The number of furan rings is 1. The van der Waals surface area contributed by atoms with Gasteiger partial charge in [0.15, 0.2) is 0 Å². The number of hydrogen-bond donors (Lipinski definition) is 2. The Bertz CT molecular complexity index is 814. The van der Waals surface area contributed by atoms with E-state index >= 15 is 0 Å². The van der Waals surface area contributed by atoms with Crippen LogP contribution >= 0.6 is 11.6 Å². The number of rotatable bonds is 4. The van der Waals surface area contributed by atoms with Crippen molar-refractivity contribution < 1.29 is 14.3 Å². The van der Waals surface area contributed by atoms with Crippen LogP contribution in [-0.2, 0) is 6.54 Å². The van der Waals surface area contributed by atoms with E-state index in [1.165, 1.54) is 6.07 Å². The number of benzene rings is 1. The molecule has 0 aliphatic heterocycles. The fourth-order valence-electron chi connectivity index (χ4n) is 2.05. The number of carboxylic acid groups (broad SMARTS) is 1. The first kappa shape index (κ1) is 13.5. The van der Waals surface area contributed by atoms with E-state index in [-0.39, 0.29) is 5.76 Å².